The molecule has 2 aliphatic rings. The summed E-state index contributed by atoms with van der Waals surface area (Å²) >= 11 is 1.94. The van der Waals surface area contributed by atoms with E-state index in [1.54, 1.807) is 13.0 Å². The van der Waals surface area contributed by atoms with Crippen molar-refractivity contribution < 1.29 is 9.59 Å². The summed E-state index contributed by atoms with van der Waals surface area (Å²) in [4.78, 5) is 26.7. The second-order valence-corrected chi connectivity index (χ2v) is 8.45. The number of piperidine rings is 1. The van der Waals surface area contributed by atoms with Crippen LogP contribution in [0.3, 0.4) is 0 Å². The van der Waals surface area contributed by atoms with E-state index in [-0.39, 0.29) is 23.9 Å². The fourth-order valence-corrected chi connectivity index (χ4v) is 4.98. The molecule has 144 valence electrons. The lowest BCUT2D eigenvalue weighted by molar-refractivity contribution is -0.131. The van der Waals surface area contributed by atoms with Crippen molar-refractivity contribution in [1.82, 2.24) is 10.2 Å². The van der Waals surface area contributed by atoms with Crippen LogP contribution in [0.25, 0.3) is 0 Å². The number of allylic oxidation sites excluding steroid dienone is 3. The fraction of sp³-hybridized carbons (Fsp3) is 0.619. The number of carbonyl (C=O) groups excluding carboxylic acids is 2. The minimum absolute atomic E-state index is 0.0701. The van der Waals surface area contributed by atoms with Crippen LogP contribution in [0.5, 0.6) is 0 Å². The average Bonchev–Trinajstić information content (AvgIpc) is 2.63. The molecule has 0 radical (unpaired) electrons. The molecule has 0 spiro atoms. The summed E-state index contributed by atoms with van der Waals surface area (Å²) in [5, 5.41) is 3.12. The predicted octanol–water partition coefficient (Wildman–Crippen LogP) is 4.05. The molecule has 5 heteroatoms. The molecule has 2 rings (SSSR count). The average molecular weight is 377 g/mol. The first-order chi connectivity index (χ1) is 12.5. The number of hydrogen-bond acceptors (Lipinski definition) is 3. The first-order valence-electron chi connectivity index (χ1n) is 9.69. The molecular weight excluding hydrogens is 344 g/mol. The normalized spacial score (nSPS) is 26.7. The number of nitrogens with one attached hydrogen (secondary N) is 1. The smallest absolute Gasteiger partial charge is 0.251 e. The van der Waals surface area contributed by atoms with Crippen LogP contribution in [0.2, 0.25) is 0 Å². The number of rotatable bonds is 5. The summed E-state index contributed by atoms with van der Waals surface area (Å²) in [6, 6.07) is 0.495. The highest BCUT2D eigenvalue weighted by Gasteiger charge is 2.31. The van der Waals surface area contributed by atoms with Gasteiger partial charge in [-0.05, 0) is 61.7 Å². The van der Waals surface area contributed by atoms with E-state index in [9.17, 15) is 9.59 Å². The van der Waals surface area contributed by atoms with Gasteiger partial charge in [-0.1, -0.05) is 26.5 Å². The molecule has 0 aromatic carbocycles. The monoisotopic (exact) mass is 376 g/mol. The highest BCUT2D eigenvalue weighted by atomic mass is 32.2. The Bertz CT molecular complexity index is 591. The Balaban J connectivity index is 2.14. The van der Waals surface area contributed by atoms with Gasteiger partial charge < -0.3 is 10.2 Å². The first-order valence-corrected chi connectivity index (χ1v) is 10.8. The van der Waals surface area contributed by atoms with Crippen LogP contribution in [0, 0.1) is 5.92 Å². The maximum atomic E-state index is 12.5. The van der Waals surface area contributed by atoms with E-state index in [4.69, 9.17) is 0 Å². The Morgan fingerprint density at radius 2 is 2.00 bits per heavy atom. The lowest BCUT2D eigenvalue weighted by atomic mass is 9.87. The highest BCUT2D eigenvalue weighted by molar-refractivity contribution is 7.99. The van der Waals surface area contributed by atoms with E-state index < -0.39 is 0 Å². The lowest BCUT2D eigenvalue weighted by Crippen LogP contribution is -2.45. The number of hydrogen-bond donors (Lipinski definition) is 1. The molecule has 1 unspecified atom stereocenters. The van der Waals surface area contributed by atoms with Gasteiger partial charge in [0, 0.05) is 30.3 Å². The molecule has 4 nitrogen and oxygen atoms in total. The molecule has 0 bridgehead atoms. The van der Waals surface area contributed by atoms with Crippen molar-refractivity contribution in [1.29, 1.82) is 0 Å². The molecule has 2 amide bonds. The molecule has 0 saturated carbocycles. The Morgan fingerprint density at radius 1 is 1.31 bits per heavy atom. The largest absolute Gasteiger partial charge is 0.349 e. The fourth-order valence-electron chi connectivity index (χ4n) is 3.87. The number of amides is 2. The molecule has 2 fully saturated rings. The van der Waals surface area contributed by atoms with Crippen LogP contribution in [0.4, 0.5) is 0 Å². The molecule has 2 saturated heterocycles. The van der Waals surface area contributed by atoms with E-state index in [0.717, 1.165) is 49.3 Å². The van der Waals surface area contributed by atoms with Crippen molar-refractivity contribution in [2.24, 2.45) is 5.92 Å². The maximum absolute atomic E-state index is 12.5. The van der Waals surface area contributed by atoms with Crippen molar-refractivity contribution in [3.05, 3.63) is 36.1 Å². The quantitative estimate of drug-likeness (QED) is 0.582. The Kier molecular flexibility index (Phi) is 8.01. The summed E-state index contributed by atoms with van der Waals surface area (Å²) in [6.45, 7) is 9.75. The second-order valence-electron chi connectivity index (χ2n) is 7.22. The van der Waals surface area contributed by atoms with Gasteiger partial charge in [0.05, 0.1) is 0 Å². The van der Waals surface area contributed by atoms with Crippen molar-refractivity contribution in [2.45, 2.75) is 65.0 Å². The standard InChI is InChI=1S/C21H32N2O2S/c1-5-17(21(25)22-18-11-13-26-14-12-18)8-10-19-9-7-15(3)20(6-2)23(19)16(4)24/h5,8,10,15,18,20H,1,6-7,9,11-14H2,2-4H3,(H,22,25)/b17-8+,19-10+/t15?,20-/m0/s1. The Morgan fingerprint density at radius 3 is 2.58 bits per heavy atom. The van der Waals surface area contributed by atoms with Crippen LogP contribution in [0.15, 0.2) is 36.1 Å². The summed E-state index contributed by atoms with van der Waals surface area (Å²) in [7, 11) is 0. The van der Waals surface area contributed by atoms with Crippen molar-refractivity contribution in [2.75, 3.05) is 11.5 Å². The zero-order chi connectivity index (χ0) is 19.1. The molecule has 0 aliphatic carbocycles. The second kappa shape index (κ2) is 10.0. The third-order valence-electron chi connectivity index (χ3n) is 5.41. The van der Waals surface area contributed by atoms with Gasteiger partial charge in [0.2, 0.25) is 5.91 Å². The van der Waals surface area contributed by atoms with Crippen molar-refractivity contribution in [3.8, 4) is 0 Å². The molecular formula is C21H32N2O2S. The van der Waals surface area contributed by atoms with Gasteiger partial charge in [0.25, 0.3) is 5.91 Å². The summed E-state index contributed by atoms with van der Waals surface area (Å²) in [6.07, 6.45) is 10.3. The lowest BCUT2D eigenvalue weighted by Gasteiger charge is -2.41. The van der Waals surface area contributed by atoms with E-state index in [2.05, 4.69) is 25.7 Å². The van der Waals surface area contributed by atoms with Gasteiger partial charge in [-0.15, -0.1) is 0 Å². The van der Waals surface area contributed by atoms with Crippen LogP contribution < -0.4 is 5.32 Å². The predicted molar refractivity (Wildman–Crippen MR) is 110 cm³/mol. The molecule has 26 heavy (non-hydrogen) atoms. The van der Waals surface area contributed by atoms with Crippen LogP contribution >= 0.6 is 11.8 Å². The van der Waals surface area contributed by atoms with Gasteiger partial charge >= 0.3 is 0 Å². The molecule has 0 aromatic rings. The zero-order valence-corrected chi connectivity index (χ0v) is 17.1. The minimum Gasteiger partial charge on any atom is -0.349 e. The minimum atomic E-state index is -0.0701. The van der Waals surface area contributed by atoms with Crippen LogP contribution in [-0.2, 0) is 9.59 Å². The molecule has 2 heterocycles. The third kappa shape index (κ3) is 5.26. The van der Waals surface area contributed by atoms with Gasteiger partial charge in [0.1, 0.15) is 0 Å². The van der Waals surface area contributed by atoms with Gasteiger partial charge in [-0.3, -0.25) is 9.59 Å². The van der Waals surface area contributed by atoms with E-state index in [0.29, 0.717) is 11.5 Å². The number of thioether (sulfide) groups is 1. The van der Waals surface area contributed by atoms with Gasteiger partial charge in [-0.2, -0.15) is 11.8 Å². The van der Waals surface area contributed by atoms with Crippen molar-refractivity contribution >= 4 is 23.6 Å². The van der Waals surface area contributed by atoms with Crippen molar-refractivity contribution in [3.63, 3.8) is 0 Å². The molecule has 1 N–H and O–H groups in total. The number of likely N-dealkylation sites (tertiary alicyclic amines) is 1. The Hall–Kier alpha value is -1.49. The topological polar surface area (TPSA) is 49.4 Å². The summed E-state index contributed by atoms with van der Waals surface area (Å²) in [5.74, 6) is 2.71. The third-order valence-corrected chi connectivity index (χ3v) is 6.45. The highest BCUT2D eigenvalue weighted by Crippen LogP contribution is 2.32. The molecule has 2 atom stereocenters. The van der Waals surface area contributed by atoms with Crippen LogP contribution in [-0.4, -0.2) is 40.3 Å². The number of carbonyl (C=O) groups is 2. The summed E-state index contributed by atoms with van der Waals surface area (Å²) in [5.41, 5.74) is 1.56. The SMILES string of the molecule is C=C/C(=C\C=C1/CCC(C)[C@H](CC)N1C(C)=O)C(=O)NC1CCSCC1. The van der Waals surface area contributed by atoms with Gasteiger partial charge in [0.15, 0.2) is 0 Å². The zero-order valence-electron chi connectivity index (χ0n) is 16.3. The van der Waals surface area contributed by atoms with Crippen LogP contribution in [0.1, 0.15) is 52.9 Å². The Labute approximate surface area is 162 Å². The van der Waals surface area contributed by atoms with Gasteiger partial charge in [-0.25, -0.2) is 0 Å². The van der Waals surface area contributed by atoms with E-state index >= 15 is 0 Å². The summed E-state index contributed by atoms with van der Waals surface area (Å²) < 4.78 is 0. The molecule has 2 aliphatic heterocycles. The molecule has 0 aromatic heterocycles. The first kappa shape index (κ1) is 20.8. The van der Waals surface area contributed by atoms with E-state index in [1.165, 1.54) is 0 Å². The van der Waals surface area contributed by atoms with E-state index in [1.807, 2.05) is 28.8 Å². The number of nitrogens with zero attached hydrogens (tertiary/aromatic N) is 1. The maximum Gasteiger partial charge on any atom is 0.251 e.